The van der Waals surface area contributed by atoms with Crippen molar-refractivity contribution in [1.29, 1.82) is 0 Å². The molecule has 0 spiro atoms. The lowest BCUT2D eigenvalue weighted by Gasteiger charge is -2.07. The van der Waals surface area contributed by atoms with Crippen LogP contribution in [0.4, 0.5) is 4.39 Å². The van der Waals surface area contributed by atoms with Gasteiger partial charge in [-0.15, -0.1) is 0 Å². The van der Waals surface area contributed by atoms with Crippen LogP contribution in [0, 0.1) is 5.82 Å². The Labute approximate surface area is 131 Å². The molecular weight excluding hydrogens is 279 g/mol. The smallest absolute Gasteiger partial charge is 0.217 e. The lowest BCUT2D eigenvalue weighted by molar-refractivity contribution is -0.118. The number of nitrogens with two attached hydrogens (primary N) is 2. The number of benzene rings is 2. The third kappa shape index (κ3) is 7.55. The summed E-state index contributed by atoms with van der Waals surface area (Å²) >= 11 is 0. The minimum atomic E-state index is -0.230. The van der Waals surface area contributed by atoms with E-state index in [4.69, 9.17) is 11.5 Å². The fourth-order valence-electron chi connectivity index (χ4n) is 2.07. The minimum absolute atomic E-state index is 0.178. The lowest BCUT2D eigenvalue weighted by atomic mass is 10.00. The summed E-state index contributed by atoms with van der Waals surface area (Å²) in [5.74, 6) is -0.409. The number of hydrogen-bond donors (Lipinski definition) is 2. The third-order valence-electron chi connectivity index (χ3n) is 3.13. The summed E-state index contributed by atoms with van der Waals surface area (Å²) in [6.45, 7) is 0.660. The van der Waals surface area contributed by atoms with Crippen molar-refractivity contribution in [3.8, 4) is 0 Å². The van der Waals surface area contributed by atoms with Gasteiger partial charge in [-0.05, 0) is 49.1 Å². The van der Waals surface area contributed by atoms with Crippen LogP contribution in [0.3, 0.4) is 0 Å². The molecule has 0 heterocycles. The predicted octanol–water partition coefficient (Wildman–Crippen LogP) is 2.82. The Balaban J connectivity index is 0.000000287. The maximum absolute atomic E-state index is 11.9. The van der Waals surface area contributed by atoms with Crippen LogP contribution in [0.5, 0.6) is 0 Å². The summed E-state index contributed by atoms with van der Waals surface area (Å²) in [4.78, 5) is 10.6. The van der Waals surface area contributed by atoms with Crippen molar-refractivity contribution in [3.63, 3.8) is 0 Å². The van der Waals surface area contributed by atoms with Crippen molar-refractivity contribution < 1.29 is 9.18 Å². The van der Waals surface area contributed by atoms with Crippen LogP contribution in [0.1, 0.15) is 24.0 Å². The van der Waals surface area contributed by atoms with Gasteiger partial charge >= 0.3 is 0 Å². The molecule has 0 radical (unpaired) electrons. The molecule has 0 aliphatic rings. The van der Waals surface area contributed by atoms with Gasteiger partial charge in [-0.25, -0.2) is 4.39 Å². The highest BCUT2D eigenvalue weighted by molar-refractivity contribution is 5.73. The second kappa shape index (κ2) is 10.5. The molecule has 0 unspecified atom stereocenters. The van der Waals surface area contributed by atoms with E-state index in [1.54, 1.807) is 18.2 Å². The molecule has 2 aromatic rings. The zero-order valence-corrected chi connectivity index (χ0v) is 12.7. The van der Waals surface area contributed by atoms with Gasteiger partial charge < -0.3 is 11.5 Å². The number of carbonyl (C=O) groups excluding carboxylic acids is 1. The number of rotatable bonds is 6. The molecule has 2 aromatic carbocycles. The molecule has 0 aromatic heterocycles. The average molecular weight is 302 g/mol. The minimum Gasteiger partial charge on any atom is -0.370 e. The largest absolute Gasteiger partial charge is 0.370 e. The molecule has 0 bridgehead atoms. The molecule has 0 aliphatic heterocycles. The summed E-state index contributed by atoms with van der Waals surface area (Å²) in [7, 11) is 0. The molecular formula is C18H23FN2O. The van der Waals surface area contributed by atoms with E-state index in [0.29, 0.717) is 13.0 Å². The molecule has 0 saturated heterocycles. The summed E-state index contributed by atoms with van der Waals surface area (Å²) in [6.07, 6.45) is 3.07. The monoisotopic (exact) mass is 302 g/mol. The van der Waals surface area contributed by atoms with E-state index in [-0.39, 0.29) is 11.7 Å². The van der Waals surface area contributed by atoms with Crippen molar-refractivity contribution in [2.24, 2.45) is 11.5 Å². The highest BCUT2D eigenvalue weighted by atomic mass is 19.1. The van der Waals surface area contributed by atoms with Gasteiger partial charge in [0.2, 0.25) is 5.91 Å². The molecule has 1 amide bonds. The fourth-order valence-corrected chi connectivity index (χ4v) is 2.07. The van der Waals surface area contributed by atoms with Crippen LogP contribution in [0.15, 0.2) is 54.6 Å². The topological polar surface area (TPSA) is 69.1 Å². The first kappa shape index (κ1) is 17.9. The van der Waals surface area contributed by atoms with Gasteiger partial charge in [0, 0.05) is 6.42 Å². The lowest BCUT2D eigenvalue weighted by Crippen LogP contribution is -2.10. The standard InChI is InChI=1S/C12H18N2O.C6H5F/c13-9-8-11-5-2-1-4-10(11)6-3-7-12(14)15;7-6-4-2-1-3-5-6/h1-2,4-5H,3,6-9,13H2,(H2,14,15);1-5H. The van der Waals surface area contributed by atoms with Crippen LogP contribution in [0.25, 0.3) is 0 Å². The molecule has 0 saturated carbocycles. The Morgan fingerprint density at radius 3 is 1.91 bits per heavy atom. The van der Waals surface area contributed by atoms with Gasteiger partial charge in [0.1, 0.15) is 5.82 Å². The van der Waals surface area contributed by atoms with E-state index >= 15 is 0 Å². The van der Waals surface area contributed by atoms with Crippen molar-refractivity contribution in [1.82, 2.24) is 0 Å². The number of carbonyl (C=O) groups is 1. The highest BCUT2D eigenvalue weighted by Crippen LogP contribution is 2.12. The Hall–Kier alpha value is -2.20. The number of hydrogen-bond acceptors (Lipinski definition) is 2. The first-order chi connectivity index (χ1) is 10.6. The molecule has 0 aliphatic carbocycles. The number of amides is 1. The van der Waals surface area contributed by atoms with Crippen LogP contribution in [-0.4, -0.2) is 12.5 Å². The summed E-state index contributed by atoms with van der Waals surface area (Å²) in [5.41, 5.74) is 13.2. The molecule has 118 valence electrons. The van der Waals surface area contributed by atoms with Gasteiger partial charge in [-0.2, -0.15) is 0 Å². The summed E-state index contributed by atoms with van der Waals surface area (Å²) in [5, 5.41) is 0. The normalized spacial score (nSPS) is 9.73. The zero-order chi connectivity index (χ0) is 16.2. The second-order valence-electron chi connectivity index (χ2n) is 4.92. The first-order valence-electron chi connectivity index (χ1n) is 7.39. The van der Waals surface area contributed by atoms with Crippen LogP contribution < -0.4 is 11.5 Å². The molecule has 4 heteroatoms. The fraction of sp³-hybridized carbons (Fsp3) is 0.278. The summed E-state index contributed by atoms with van der Waals surface area (Å²) < 4.78 is 11.9. The van der Waals surface area contributed by atoms with Gasteiger partial charge in [0.05, 0.1) is 0 Å². The SMILES string of the molecule is Fc1ccccc1.NCCc1ccccc1CCCC(N)=O. The molecule has 3 nitrogen and oxygen atoms in total. The van der Waals surface area contributed by atoms with E-state index < -0.39 is 0 Å². The first-order valence-corrected chi connectivity index (χ1v) is 7.39. The molecule has 22 heavy (non-hydrogen) atoms. The van der Waals surface area contributed by atoms with Gasteiger partial charge in [-0.3, -0.25) is 4.79 Å². The van der Waals surface area contributed by atoms with Crippen LogP contribution in [-0.2, 0) is 17.6 Å². The van der Waals surface area contributed by atoms with Crippen LogP contribution in [0.2, 0.25) is 0 Å². The predicted molar refractivity (Wildman–Crippen MR) is 87.7 cm³/mol. The zero-order valence-electron chi connectivity index (χ0n) is 12.7. The molecule has 4 N–H and O–H groups in total. The average Bonchev–Trinajstić information content (AvgIpc) is 2.50. The van der Waals surface area contributed by atoms with E-state index in [2.05, 4.69) is 12.1 Å². The highest BCUT2D eigenvalue weighted by Gasteiger charge is 2.01. The Bertz CT molecular complexity index is 558. The number of primary amides is 1. The van der Waals surface area contributed by atoms with Gasteiger partial charge in [0.25, 0.3) is 0 Å². The van der Waals surface area contributed by atoms with Crippen molar-refractivity contribution >= 4 is 5.91 Å². The quantitative estimate of drug-likeness (QED) is 0.861. The number of aryl methyl sites for hydroxylation is 1. The van der Waals surface area contributed by atoms with Crippen molar-refractivity contribution in [2.75, 3.05) is 6.54 Å². The summed E-state index contributed by atoms with van der Waals surface area (Å²) in [6, 6.07) is 16.1. The van der Waals surface area contributed by atoms with Crippen LogP contribution >= 0.6 is 0 Å². The third-order valence-corrected chi connectivity index (χ3v) is 3.13. The van der Waals surface area contributed by atoms with Crippen molar-refractivity contribution in [2.45, 2.75) is 25.7 Å². The molecule has 0 atom stereocenters. The van der Waals surface area contributed by atoms with E-state index in [9.17, 15) is 9.18 Å². The molecule has 0 fully saturated rings. The van der Waals surface area contributed by atoms with Crippen molar-refractivity contribution in [3.05, 3.63) is 71.5 Å². The second-order valence-corrected chi connectivity index (χ2v) is 4.92. The Morgan fingerprint density at radius 2 is 1.45 bits per heavy atom. The van der Waals surface area contributed by atoms with Gasteiger partial charge in [-0.1, -0.05) is 42.5 Å². The van der Waals surface area contributed by atoms with E-state index in [1.807, 2.05) is 12.1 Å². The van der Waals surface area contributed by atoms with E-state index in [1.165, 1.54) is 23.3 Å². The Morgan fingerprint density at radius 1 is 0.909 bits per heavy atom. The maximum Gasteiger partial charge on any atom is 0.217 e. The Kier molecular flexibility index (Phi) is 8.53. The molecule has 2 rings (SSSR count). The van der Waals surface area contributed by atoms with Gasteiger partial charge in [0.15, 0.2) is 0 Å². The number of halogens is 1. The maximum atomic E-state index is 11.9. The van der Waals surface area contributed by atoms with E-state index in [0.717, 1.165) is 19.3 Å².